The van der Waals surface area contributed by atoms with Gasteiger partial charge in [0.25, 0.3) is 0 Å². The van der Waals surface area contributed by atoms with Gasteiger partial charge < -0.3 is 24.1 Å². The lowest BCUT2D eigenvalue weighted by Gasteiger charge is -2.26. The van der Waals surface area contributed by atoms with Crippen molar-refractivity contribution >= 4 is 0 Å². The number of ether oxygens (including phenoxy) is 4. The van der Waals surface area contributed by atoms with Crippen molar-refractivity contribution in [1.82, 2.24) is 0 Å². The Morgan fingerprint density at radius 1 is 0.958 bits per heavy atom. The third-order valence-corrected chi connectivity index (χ3v) is 3.69. The van der Waals surface area contributed by atoms with Gasteiger partial charge in [-0.3, -0.25) is 0 Å². The number of para-hydroxylation sites is 2. The third-order valence-electron chi connectivity index (χ3n) is 3.69. The van der Waals surface area contributed by atoms with Gasteiger partial charge in [0.2, 0.25) is 0 Å². The van der Waals surface area contributed by atoms with Crippen molar-refractivity contribution in [3.05, 3.63) is 48.0 Å². The molecule has 0 aliphatic carbocycles. The SMILES string of the molecule is CCOC(c1ccc(O)c(OC)c1)C(C)Oc1ccccc1OC. The number of hydrogen-bond donors (Lipinski definition) is 1. The van der Waals surface area contributed by atoms with E-state index in [-0.39, 0.29) is 18.0 Å². The minimum Gasteiger partial charge on any atom is -0.504 e. The summed E-state index contributed by atoms with van der Waals surface area (Å²) in [5, 5.41) is 9.78. The molecule has 0 aromatic heterocycles. The maximum absolute atomic E-state index is 9.78. The average molecular weight is 332 g/mol. The molecule has 2 aromatic rings. The molecule has 0 fully saturated rings. The summed E-state index contributed by atoms with van der Waals surface area (Å²) < 4.78 is 22.4. The van der Waals surface area contributed by atoms with Gasteiger partial charge in [0, 0.05) is 6.61 Å². The van der Waals surface area contributed by atoms with Crippen LogP contribution in [0, 0.1) is 0 Å². The zero-order valence-electron chi connectivity index (χ0n) is 14.5. The van der Waals surface area contributed by atoms with Crippen molar-refractivity contribution < 1.29 is 24.1 Å². The standard InChI is InChI=1S/C19H24O5/c1-5-23-19(14-10-11-15(20)18(12-14)22-4)13(2)24-17-9-7-6-8-16(17)21-3/h6-13,19-20H,5H2,1-4H3. The summed E-state index contributed by atoms with van der Waals surface area (Å²) in [6.45, 7) is 4.40. The van der Waals surface area contributed by atoms with Crippen molar-refractivity contribution in [2.24, 2.45) is 0 Å². The van der Waals surface area contributed by atoms with Gasteiger partial charge >= 0.3 is 0 Å². The Kier molecular flexibility index (Phi) is 6.32. The lowest BCUT2D eigenvalue weighted by Crippen LogP contribution is -2.24. The molecule has 0 aliphatic heterocycles. The molecule has 2 rings (SSSR count). The summed E-state index contributed by atoms with van der Waals surface area (Å²) in [7, 11) is 3.13. The minimum absolute atomic E-state index is 0.0924. The molecule has 24 heavy (non-hydrogen) atoms. The number of phenols is 1. The highest BCUT2D eigenvalue weighted by molar-refractivity contribution is 5.43. The van der Waals surface area contributed by atoms with Gasteiger partial charge in [0.15, 0.2) is 23.0 Å². The van der Waals surface area contributed by atoms with E-state index in [9.17, 15) is 5.11 Å². The molecule has 0 spiro atoms. The minimum atomic E-state index is -0.311. The highest BCUT2D eigenvalue weighted by Gasteiger charge is 2.23. The summed E-state index contributed by atoms with van der Waals surface area (Å²) in [6.07, 6.45) is -0.579. The molecule has 5 heteroatoms. The number of rotatable bonds is 8. The van der Waals surface area contributed by atoms with Gasteiger partial charge in [0.05, 0.1) is 14.2 Å². The number of methoxy groups -OCH3 is 2. The fourth-order valence-corrected chi connectivity index (χ4v) is 2.53. The van der Waals surface area contributed by atoms with Crippen LogP contribution in [0.25, 0.3) is 0 Å². The van der Waals surface area contributed by atoms with Crippen molar-refractivity contribution in [2.45, 2.75) is 26.1 Å². The summed E-state index contributed by atoms with van der Waals surface area (Å²) in [5.74, 6) is 1.82. The molecule has 130 valence electrons. The molecular formula is C19H24O5. The van der Waals surface area contributed by atoms with Crippen LogP contribution in [0.4, 0.5) is 0 Å². The molecule has 0 bridgehead atoms. The second-order valence-corrected chi connectivity index (χ2v) is 5.28. The molecule has 5 nitrogen and oxygen atoms in total. The van der Waals surface area contributed by atoms with E-state index in [1.807, 2.05) is 38.1 Å². The second kappa shape index (κ2) is 8.45. The fourth-order valence-electron chi connectivity index (χ4n) is 2.53. The second-order valence-electron chi connectivity index (χ2n) is 5.28. The van der Waals surface area contributed by atoms with Gasteiger partial charge in [-0.15, -0.1) is 0 Å². The molecule has 0 radical (unpaired) electrons. The molecule has 0 saturated heterocycles. The van der Waals surface area contributed by atoms with E-state index in [0.717, 1.165) is 5.56 Å². The van der Waals surface area contributed by atoms with Crippen LogP contribution >= 0.6 is 0 Å². The Hall–Kier alpha value is -2.40. The molecule has 0 saturated carbocycles. The lowest BCUT2D eigenvalue weighted by molar-refractivity contribution is -0.0155. The zero-order chi connectivity index (χ0) is 17.5. The first kappa shape index (κ1) is 17.9. The lowest BCUT2D eigenvalue weighted by atomic mass is 10.0. The van der Waals surface area contributed by atoms with E-state index in [2.05, 4.69) is 0 Å². The third kappa shape index (κ3) is 4.11. The van der Waals surface area contributed by atoms with E-state index < -0.39 is 0 Å². The monoisotopic (exact) mass is 332 g/mol. The quantitative estimate of drug-likeness (QED) is 0.793. The first-order chi connectivity index (χ1) is 11.6. The Morgan fingerprint density at radius 2 is 1.62 bits per heavy atom. The summed E-state index contributed by atoms with van der Waals surface area (Å²) in [5.41, 5.74) is 0.869. The maximum Gasteiger partial charge on any atom is 0.161 e. The van der Waals surface area contributed by atoms with Crippen molar-refractivity contribution in [3.63, 3.8) is 0 Å². The molecular weight excluding hydrogens is 308 g/mol. The van der Waals surface area contributed by atoms with Crippen LogP contribution in [0.3, 0.4) is 0 Å². The normalized spacial score (nSPS) is 13.2. The van der Waals surface area contributed by atoms with Gasteiger partial charge in [-0.25, -0.2) is 0 Å². The average Bonchev–Trinajstić information content (AvgIpc) is 2.60. The Labute approximate surface area is 142 Å². The predicted octanol–water partition coefficient (Wildman–Crippen LogP) is 3.95. The van der Waals surface area contributed by atoms with Crippen LogP contribution < -0.4 is 14.2 Å². The topological polar surface area (TPSA) is 57.2 Å². The molecule has 0 heterocycles. The molecule has 0 amide bonds. The molecule has 2 aromatic carbocycles. The summed E-state index contributed by atoms with van der Waals surface area (Å²) in [4.78, 5) is 0. The first-order valence-electron chi connectivity index (χ1n) is 7.88. The zero-order valence-corrected chi connectivity index (χ0v) is 14.5. The van der Waals surface area contributed by atoms with Crippen molar-refractivity contribution in [1.29, 1.82) is 0 Å². The fraction of sp³-hybridized carbons (Fsp3) is 0.368. The van der Waals surface area contributed by atoms with Crippen LogP contribution in [0.2, 0.25) is 0 Å². The van der Waals surface area contributed by atoms with Gasteiger partial charge in [-0.1, -0.05) is 18.2 Å². The summed E-state index contributed by atoms with van der Waals surface area (Å²) >= 11 is 0. The van der Waals surface area contributed by atoms with Crippen LogP contribution in [-0.4, -0.2) is 32.0 Å². The highest BCUT2D eigenvalue weighted by Crippen LogP contribution is 2.34. The van der Waals surface area contributed by atoms with Gasteiger partial charge in [-0.2, -0.15) is 0 Å². The van der Waals surface area contributed by atoms with Crippen LogP contribution in [0.15, 0.2) is 42.5 Å². The Balaban J connectivity index is 2.26. The molecule has 1 N–H and O–H groups in total. The van der Waals surface area contributed by atoms with E-state index >= 15 is 0 Å². The van der Waals surface area contributed by atoms with Crippen LogP contribution in [0.5, 0.6) is 23.0 Å². The highest BCUT2D eigenvalue weighted by atomic mass is 16.6. The smallest absolute Gasteiger partial charge is 0.161 e. The molecule has 2 atom stereocenters. The Bertz CT molecular complexity index is 656. The molecule has 2 unspecified atom stereocenters. The summed E-state index contributed by atoms with van der Waals surface area (Å²) in [6, 6.07) is 12.6. The van der Waals surface area contributed by atoms with Gasteiger partial charge in [-0.05, 0) is 43.7 Å². The first-order valence-corrected chi connectivity index (χ1v) is 7.88. The van der Waals surface area contributed by atoms with E-state index in [4.69, 9.17) is 18.9 Å². The van der Waals surface area contributed by atoms with Crippen LogP contribution in [0.1, 0.15) is 25.5 Å². The van der Waals surface area contributed by atoms with Crippen molar-refractivity contribution in [3.8, 4) is 23.0 Å². The number of phenolic OH excluding ortho intramolecular Hbond substituents is 1. The van der Waals surface area contributed by atoms with E-state index in [1.54, 1.807) is 25.3 Å². The largest absolute Gasteiger partial charge is 0.504 e. The number of hydrogen-bond acceptors (Lipinski definition) is 5. The number of aromatic hydroxyl groups is 1. The number of benzene rings is 2. The predicted molar refractivity (Wildman–Crippen MR) is 92.1 cm³/mol. The van der Waals surface area contributed by atoms with Gasteiger partial charge in [0.1, 0.15) is 12.2 Å². The van der Waals surface area contributed by atoms with Crippen LogP contribution in [-0.2, 0) is 4.74 Å². The Morgan fingerprint density at radius 3 is 2.25 bits per heavy atom. The molecule has 0 aliphatic rings. The van der Waals surface area contributed by atoms with E-state index in [0.29, 0.717) is 23.9 Å². The van der Waals surface area contributed by atoms with E-state index in [1.165, 1.54) is 7.11 Å². The maximum atomic E-state index is 9.78. The van der Waals surface area contributed by atoms with Crippen molar-refractivity contribution in [2.75, 3.05) is 20.8 Å².